The fourth-order valence-electron chi connectivity index (χ4n) is 1.96. The van der Waals surface area contributed by atoms with Gasteiger partial charge in [-0.05, 0) is 26.7 Å². The van der Waals surface area contributed by atoms with E-state index in [0.29, 0.717) is 6.04 Å². The molecule has 0 amide bonds. The van der Waals surface area contributed by atoms with Crippen molar-refractivity contribution < 1.29 is 9.90 Å². The Hall–Kier alpha value is -0.610. The second kappa shape index (κ2) is 4.28. The molecule has 0 atom stereocenters. The third-order valence-electron chi connectivity index (χ3n) is 3.03. The van der Waals surface area contributed by atoms with Gasteiger partial charge in [0.15, 0.2) is 0 Å². The van der Waals surface area contributed by atoms with Gasteiger partial charge in [-0.1, -0.05) is 0 Å². The number of hydrogen-bond acceptors (Lipinski definition) is 3. The molecule has 0 saturated carbocycles. The van der Waals surface area contributed by atoms with Gasteiger partial charge in [0.25, 0.3) is 0 Å². The van der Waals surface area contributed by atoms with Gasteiger partial charge >= 0.3 is 5.97 Å². The van der Waals surface area contributed by atoms with Crippen LogP contribution in [0.4, 0.5) is 0 Å². The van der Waals surface area contributed by atoms with Crippen LogP contribution in [0.15, 0.2) is 0 Å². The minimum Gasteiger partial charge on any atom is -0.481 e. The Kier molecular flexibility index (Phi) is 3.50. The highest BCUT2D eigenvalue weighted by Gasteiger charge is 2.33. The molecule has 4 heteroatoms. The van der Waals surface area contributed by atoms with Crippen LogP contribution in [-0.4, -0.2) is 40.6 Å². The lowest BCUT2D eigenvalue weighted by Gasteiger charge is -2.40. The van der Waals surface area contributed by atoms with E-state index in [2.05, 4.69) is 18.7 Å². The number of nitrogens with zero attached hydrogens (tertiary/aromatic N) is 1. The lowest BCUT2D eigenvalue weighted by atomic mass is 9.85. The van der Waals surface area contributed by atoms with Gasteiger partial charge in [-0.2, -0.15) is 0 Å². The van der Waals surface area contributed by atoms with Crippen LogP contribution in [0.2, 0.25) is 0 Å². The van der Waals surface area contributed by atoms with Crippen LogP contribution in [-0.2, 0) is 4.79 Å². The van der Waals surface area contributed by atoms with Crippen LogP contribution >= 0.6 is 0 Å². The molecule has 1 rings (SSSR count). The summed E-state index contributed by atoms with van der Waals surface area (Å²) in [5, 5.41) is 8.71. The molecular weight excluding hydrogens is 180 g/mol. The van der Waals surface area contributed by atoms with Crippen LogP contribution in [0.5, 0.6) is 0 Å². The van der Waals surface area contributed by atoms with Crippen molar-refractivity contribution in [1.29, 1.82) is 0 Å². The van der Waals surface area contributed by atoms with Crippen LogP contribution in [0, 0.1) is 0 Å². The topological polar surface area (TPSA) is 66.6 Å². The summed E-state index contributed by atoms with van der Waals surface area (Å²) < 4.78 is 0. The summed E-state index contributed by atoms with van der Waals surface area (Å²) in [5.74, 6) is -0.787. The minimum absolute atomic E-state index is 0.0962. The maximum absolute atomic E-state index is 10.6. The molecule has 1 aliphatic rings. The highest BCUT2D eigenvalue weighted by molar-refractivity contribution is 5.68. The Morgan fingerprint density at radius 3 is 2.36 bits per heavy atom. The first-order valence-corrected chi connectivity index (χ1v) is 5.18. The molecule has 14 heavy (non-hydrogen) atoms. The number of aliphatic carboxylic acids is 1. The van der Waals surface area contributed by atoms with E-state index >= 15 is 0 Å². The molecule has 1 heterocycles. The summed E-state index contributed by atoms with van der Waals surface area (Å²) in [5.41, 5.74) is 5.54. The number of hydrogen-bond donors (Lipinski definition) is 2. The number of carbonyl (C=O) groups is 1. The zero-order valence-corrected chi connectivity index (χ0v) is 8.99. The SMILES string of the molecule is CC(C)N1CCC(N)(CC(=O)O)CC1. The van der Waals surface area contributed by atoms with Gasteiger partial charge in [-0.15, -0.1) is 0 Å². The molecule has 3 N–H and O–H groups in total. The van der Waals surface area contributed by atoms with Gasteiger partial charge in [0.2, 0.25) is 0 Å². The van der Waals surface area contributed by atoms with Gasteiger partial charge in [0.05, 0.1) is 6.42 Å². The summed E-state index contributed by atoms with van der Waals surface area (Å²) in [6.45, 7) is 6.14. The third-order valence-corrected chi connectivity index (χ3v) is 3.03. The van der Waals surface area contributed by atoms with E-state index in [4.69, 9.17) is 10.8 Å². The zero-order valence-electron chi connectivity index (χ0n) is 8.99. The molecule has 0 spiro atoms. The van der Waals surface area contributed by atoms with Gasteiger partial charge in [-0.25, -0.2) is 0 Å². The molecule has 1 fully saturated rings. The zero-order chi connectivity index (χ0) is 10.8. The predicted molar refractivity (Wildman–Crippen MR) is 55.1 cm³/mol. The molecule has 0 aromatic rings. The molecule has 0 aromatic heterocycles. The molecule has 4 nitrogen and oxygen atoms in total. The molecule has 0 bridgehead atoms. The van der Waals surface area contributed by atoms with Gasteiger partial charge in [0, 0.05) is 24.7 Å². The Morgan fingerprint density at radius 2 is 2.00 bits per heavy atom. The number of likely N-dealkylation sites (tertiary alicyclic amines) is 1. The number of carboxylic acid groups (broad SMARTS) is 1. The van der Waals surface area contributed by atoms with Gasteiger partial charge < -0.3 is 15.7 Å². The van der Waals surface area contributed by atoms with Crippen molar-refractivity contribution in [2.24, 2.45) is 5.73 Å². The molecule has 0 aromatic carbocycles. The van der Waals surface area contributed by atoms with Gasteiger partial charge in [-0.3, -0.25) is 4.79 Å². The van der Waals surface area contributed by atoms with Crippen molar-refractivity contribution >= 4 is 5.97 Å². The summed E-state index contributed by atoms with van der Waals surface area (Å²) in [6, 6.07) is 0.532. The first kappa shape index (κ1) is 11.5. The first-order valence-electron chi connectivity index (χ1n) is 5.18. The number of nitrogens with two attached hydrogens (primary N) is 1. The summed E-state index contributed by atoms with van der Waals surface area (Å²) in [7, 11) is 0. The molecule has 1 aliphatic heterocycles. The highest BCUT2D eigenvalue weighted by Crippen LogP contribution is 2.24. The summed E-state index contributed by atoms with van der Waals surface area (Å²) in [6.07, 6.45) is 1.67. The van der Waals surface area contributed by atoms with Crippen molar-refractivity contribution in [1.82, 2.24) is 4.90 Å². The second-order valence-corrected chi connectivity index (χ2v) is 4.56. The third kappa shape index (κ3) is 2.96. The monoisotopic (exact) mass is 200 g/mol. The Balaban J connectivity index is 2.44. The fraction of sp³-hybridized carbons (Fsp3) is 0.900. The van der Waals surface area contributed by atoms with E-state index in [1.807, 2.05) is 0 Å². The molecule has 0 unspecified atom stereocenters. The van der Waals surface area contributed by atoms with Gasteiger partial charge in [0.1, 0.15) is 0 Å². The first-order chi connectivity index (χ1) is 6.43. The normalized spacial score (nSPS) is 22.6. The number of piperidine rings is 1. The second-order valence-electron chi connectivity index (χ2n) is 4.56. The lowest BCUT2D eigenvalue weighted by Crippen LogP contribution is -2.52. The Morgan fingerprint density at radius 1 is 1.50 bits per heavy atom. The van der Waals surface area contributed by atoms with Crippen molar-refractivity contribution in [3.8, 4) is 0 Å². The smallest absolute Gasteiger partial charge is 0.305 e. The van der Waals surface area contributed by atoms with E-state index in [-0.39, 0.29) is 6.42 Å². The Bertz CT molecular complexity index is 208. The van der Waals surface area contributed by atoms with E-state index in [0.717, 1.165) is 25.9 Å². The molecular formula is C10H20N2O2. The summed E-state index contributed by atoms with van der Waals surface area (Å²) in [4.78, 5) is 12.9. The molecule has 0 radical (unpaired) electrons. The van der Waals surface area contributed by atoms with Crippen LogP contribution in [0.1, 0.15) is 33.1 Å². The number of rotatable bonds is 3. The lowest BCUT2D eigenvalue weighted by molar-refractivity contribution is -0.138. The molecule has 82 valence electrons. The number of carboxylic acids is 1. The largest absolute Gasteiger partial charge is 0.481 e. The van der Waals surface area contributed by atoms with Crippen molar-refractivity contribution in [3.63, 3.8) is 0 Å². The van der Waals surface area contributed by atoms with Crippen molar-refractivity contribution in [3.05, 3.63) is 0 Å². The average Bonchev–Trinajstić information content (AvgIpc) is 2.02. The van der Waals surface area contributed by atoms with Crippen LogP contribution < -0.4 is 5.73 Å². The fourth-order valence-corrected chi connectivity index (χ4v) is 1.96. The van der Waals surface area contributed by atoms with E-state index < -0.39 is 11.5 Å². The quantitative estimate of drug-likeness (QED) is 0.702. The summed E-state index contributed by atoms with van der Waals surface area (Å²) >= 11 is 0. The van der Waals surface area contributed by atoms with Crippen molar-refractivity contribution in [2.45, 2.75) is 44.7 Å². The van der Waals surface area contributed by atoms with E-state index in [1.54, 1.807) is 0 Å². The van der Waals surface area contributed by atoms with E-state index in [9.17, 15) is 4.79 Å². The minimum atomic E-state index is -0.787. The predicted octanol–water partition coefficient (Wildman–Crippen LogP) is 0.663. The Labute approximate surface area is 85.1 Å². The van der Waals surface area contributed by atoms with Crippen molar-refractivity contribution in [2.75, 3.05) is 13.1 Å². The van der Waals surface area contributed by atoms with E-state index in [1.165, 1.54) is 0 Å². The molecule has 1 saturated heterocycles. The van der Waals surface area contributed by atoms with Crippen LogP contribution in [0.25, 0.3) is 0 Å². The average molecular weight is 200 g/mol. The molecule has 0 aliphatic carbocycles. The van der Waals surface area contributed by atoms with Crippen LogP contribution in [0.3, 0.4) is 0 Å². The standard InChI is InChI=1S/C10H20N2O2/c1-8(2)12-5-3-10(11,4-6-12)7-9(13)14/h8H,3-7,11H2,1-2H3,(H,13,14). The highest BCUT2D eigenvalue weighted by atomic mass is 16.4. The maximum atomic E-state index is 10.6. The maximum Gasteiger partial charge on any atom is 0.305 e.